The van der Waals surface area contributed by atoms with Gasteiger partial charge >= 0.3 is 18.5 Å². The van der Waals surface area contributed by atoms with Crippen LogP contribution < -0.4 is 15.0 Å². The zero-order valence-electron chi connectivity index (χ0n) is 19.2. The van der Waals surface area contributed by atoms with Gasteiger partial charge in [0.2, 0.25) is 5.91 Å². The van der Waals surface area contributed by atoms with Gasteiger partial charge in [-0.15, -0.1) is 24.9 Å². The molecule has 0 radical (unpaired) electrons. The molecule has 1 saturated heterocycles. The Labute approximate surface area is 215 Å². The Hall–Kier alpha value is -3.21. The van der Waals surface area contributed by atoms with Crippen LogP contribution in [0.25, 0.3) is 0 Å². The molecule has 2 atom stereocenters. The zero-order chi connectivity index (χ0) is 27.9. The predicted molar refractivity (Wildman–Crippen MR) is 121 cm³/mol. The van der Waals surface area contributed by atoms with Gasteiger partial charge in [-0.05, 0) is 37.5 Å². The number of thioether (sulfide) groups is 1. The molecule has 1 N–H and O–H groups in total. The fourth-order valence-corrected chi connectivity index (χ4v) is 5.50. The SMILES string of the molecule is N#CC1(NC(=O)C2CC(Sc3ccccc3C(F)(F)C(F)(F)F)CN2c2cccc(OC(F)(F)F)c2)CC1. The number of anilines is 1. The van der Waals surface area contributed by atoms with Crippen LogP contribution in [0, 0.1) is 11.3 Å². The Morgan fingerprint density at radius 2 is 1.74 bits per heavy atom. The number of hydrogen-bond acceptors (Lipinski definition) is 5. The molecule has 2 aromatic rings. The van der Waals surface area contributed by atoms with Crippen LogP contribution in [0.4, 0.5) is 40.8 Å². The van der Waals surface area contributed by atoms with Gasteiger partial charge in [0.15, 0.2) is 0 Å². The molecular formula is C24H19F8N3O2S. The number of nitrogens with one attached hydrogen (secondary N) is 1. The summed E-state index contributed by atoms with van der Waals surface area (Å²) in [6.07, 6.45) is -10.0. The Kier molecular flexibility index (Phi) is 7.20. The van der Waals surface area contributed by atoms with Crippen molar-refractivity contribution in [3.63, 3.8) is 0 Å². The molecule has 1 heterocycles. The second-order valence-electron chi connectivity index (χ2n) is 8.94. The van der Waals surface area contributed by atoms with Crippen LogP contribution in [0.15, 0.2) is 53.4 Å². The first-order valence-corrected chi connectivity index (χ1v) is 12.1. The van der Waals surface area contributed by atoms with E-state index in [1.807, 2.05) is 6.07 Å². The van der Waals surface area contributed by atoms with Crippen LogP contribution in [0.1, 0.15) is 24.8 Å². The van der Waals surface area contributed by atoms with Crippen molar-refractivity contribution in [3.8, 4) is 11.8 Å². The third-order valence-electron chi connectivity index (χ3n) is 6.15. The van der Waals surface area contributed by atoms with Crippen molar-refractivity contribution in [2.75, 3.05) is 11.4 Å². The van der Waals surface area contributed by atoms with E-state index >= 15 is 0 Å². The summed E-state index contributed by atoms with van der Waals surface area (Å²) in [6, 6.07) is 9.89. The number of amides is 1. The Morgan fingerprint density at radius 3 is 2.34 bits per heavy atom. The Bertz CT molecular complexity index is 1240. The number of alkyl halides is 8. The summed E-state index contributed by atoms with van der Waals surface area (Å²) in [7, 11) is 0. The number of rotatable bonds is 7. The van der Waals surface area contributed by atoms with Crippen molar-refractivity contribution < 1.29 is 44.7 Å². The Morgan fingerprint density at radius 1 is 1.05 bits per heavy atom. The molecule has 2 aliphatic rings. The molecule has 0 aromatic heterocycles. The number of nitriles is 1. The average Bonchev–Trinajstić information content (AvgIpc) is 3.46. The minimum absolute atomic E-state index is 0.0334. The fourth-order valence-electron chi connectivity index (χ4n) is 4.15. The van der Waals surface area contributed by atoms with Gasteiger partial charge in [-0.1, -0.05) is 24.3 Å². The molecule has 2 unspecified atom stereocenters. The number of benzene rings is 2. The number of nitrogens with zero attached hydrogens (tertiary/aromatic N) is 2. The molecule has 0 bridgehead atoms. The van der Waals surface area contributed by atoms with E-state index in [4.69, 9.17) is 0 Å². The van der Waals surface area contributed by atoms with Gasteiger partial charge in [0.1, 0.15) is 17.3 Å². The molecule has 1 aliphatic carbocycles. The minimum atomic E-state index is -5.83. The smallest absolute Gasteiger partial charge is 0.406 e. The van der Waals surface area contributed by atoms with Crippen LogP contribution in [0.5, 0.6) is 5.75 Å². The maximum atomic E-state index is 14.2. The molecule has 38 heavy (non-hydrogen) atoms. The molecule has 14 heteroatoms. The van der Waals surface area contributed by atoms with Gasteiger partial charge in [0.05, 0.1) is 6.07 Å². The van der Waals surface area contributed by atoms with Gasteiger partial charge in [0, 0.05) is 34.0 Å². The maximum absolute atomic E-state index is 14.2. The summed E-state index contributed by atoms with van der Waals surface area (Å²) >= 11 is 0.716. The van der Waals surface area contributed by atoms with Crippen LogP contribution >= 0.6 is 11.8 Å². The second-order valence-corrected chi connectivity index (χ2v) is 10.3. The van der Waals surface area contributed by atoms with Crippen LogP contribution in [-0.2, 0) is 10.7 Å². The standard InChI is InChI=1S/C24H19F8N3O2S/c25-22(26,23(27,28)29)17-6-1-2-7-19(17)38-16-11-18(20(36)34-21(13-33)8-9-21)35(12-16)14-4-3-5-15(10-14)37-24(30,31)32/h1-7,10,16,18H,8-9,11-12H2,(H,34,36). The zero-order valence-corrected chi connectivity index (χ0v) is 20.1. The van der Waals surface area contributed by atoms with Gasteiger partial charge in [0.25, 0.3) is 0 Å². The van der Waals surface area contributed by atoms with Crippen LogP contribution in [0.3, 0.4) is 0 Å². The highest BCUT2D eigenvalue weighted by Crippen LogP contribution is 2.48. The highest BCUT2D eigenvalue weighted by Gasteiger charge is 2.59. The molecule has 1 aliphatic heterocycles. The number of hydrogen-bond donors (Lipinski definition) is 1. The van der Waals surface area contributed by atoms with Gasteiger partial charge in [-0.2, -0.15) is 27.2 Å². The summed E-state index contributed by atoms with van der Waals surface area (Å²) in [4.78, 5) is 14.2. The molecule has 2 fully saturated rings. The van der Waals surface area contributed by atoms with E-state index in [0.717, 1.165) is 24.3 Å². The lowest BCUT2D eigenvalue weighted by Crippen LogP contribution is -2.47. The molecule has 1 saturated carbocycles. The van der Waals surface area contributed by atoms with Gasteiger partial charge in [-0.25, -0.2) is 0 Å². The van der Waals surface area contributed by atoms with E-state index in [1.54, 1.807) is 0 Å². The number of carbonyl (C=O) groups excluding carboxylic acids is 1. The molecule has 1 amide bonds. The number of carbonyl (C=O) groups is 1. The lowest BCUT2D eigenvalue weighted by molar-refractivity contribution is -0.290. The van der Waals surface area contributed by atoms with Crippen molar-refractivity contribution >= 4 is 23.4 Å². The van der Waals surface area contributed by atoms with Crippen molar-refractivity contribution in [3.05, 3.63) is 54.1 Å². The van der Waals surface area contributed by atoms with E-state index < -0.39 is 52.5 Å². The van der Waals surface area contributed by atoms with Crippen molar-refractivity contribution in [1.29, 1.82) is 5.26 Å². The first-order valence-electron chi connectivity index (χ1n) is 11.2. The Balaban J connectivity index is 1.63. The largest absolute Gasteiger partial charge is 0.573 e. The van der Waals surface area contributed by atoms with Gasteiger partial charge in [-0.3, -0.25) is 4.79 Å². The highest BCUT2D eigenvalue weighted by molar-refractivity contribution is 8.00. The first-order chi connectivity index (χ1) is 17.6. The number of ether oxygens (including phenoxy) is 1. The van der Waals surface area contributed by atoms with E-state index in [0.29, 0.717) is 30.7 Å². The predicted octanol–water partition coefficient (Wildman–Crippen LogP) is 6.15. The molecule has 2 aromatic carbocycles. The fraction of sp³-hybridized carbons (Fsp3) is 0.417. The van der Waals surface area contributed by atoms with Gasteiger partial charge < -0.3 is 15.0 Å². The normalized spacial score (nSPS) is 21.1. The van der Waals surface area contributed by atoms with Crippen molar-refractivity contribution in [2.24, 2.45) is 0 Å². The molecular weight excluding hydrogens is 546 g/mol. The lowest BCUT2D eigenvalue weighted by atomic mass is 10.1. The molecule has 5 nitrogen and oxygen atoms in total. The monoisotopic (exact) mass is 565 g/mol. The van der Waals surface area contributed by atoms with Crippen LogP contribution in [-0.4, -0.2) is 41.8 Å². The van der Waals surface area contributed by atoms with Crippen molar-refractivity contribution in [1.82, 2.24) is 5.32 Å². The van der Waals surface area contributed by atoms with Crippen LogP contribution in [0.2, 0.25) is 0 Å². The average molecular weight is 565 g/mol. The number of halogens is 8. The third kappa shape index (κ3) is 5.92. The summed E-state index contributed by atoms with van der Waals surface area (Å²) in [6.45, 7) is -0.0658. The van der Waals surface area contributed by atoms with E-state index in [1.165, 1.54) is 23.1 Å². The summed E-state index contributed by atoms with van der Waals surface area (Å²) in [5.74, 6) is -6.29. The molecule has 0 spiro atoms. The van der Waals surface area contributed by atoms with E-state index in [9.17, 15) is 45.2 Å². The molecule has 204 valence electrons. The maximum Gasteiger partial charge on any atom is 0.573 e. The topological polar surface area (TPSA) is 65.4 Å². The van der Waals surface area contributed by atoms with Crippen molar-refractivity contribution in [2.45, 2.75) is 59.4 Å². The summed E-state index contributed by atoms with van der Waals surface area (Å²) in [5.41, 5.74) is -2.15. The van der Waals surface area contributed by atoms with E-state index in [-0.39, 0.29) is 23.5 Å². The quantitative estimate of drug-likeness (QED) is 0.408. The summed E-state index contributed by atoms with van der Waals surface area (Å²) in [5, 5.41) is 11.3. The molecule has 4 rings (SSSR count). The summed E-state index contributed by atoms with van der Waals surface area (Å²) < 4.78 is 110. The second kappa shape index (κ2) is 9.83. The van der Waals surface area contributed by atoms with E-state index in [2.05, 4.69) is 10.1 Å². The minimum Gasteiger partial charge on any atom is -0.406 e. The third-order valence-corrected chi connectivity index (χ3v) is 7.43. The lowest BCUT2D eigenvalue weighted by Gasteiger charge is -2.27. The first kappa shape index (κ1) is 27.8. The highest BCUT2D eigenvalue weighted by atomic mass is 32.2.